The molecule has 0 bridgehead atoms. The summed E-state index contributed by atoms with van der Waals surface area (Å²) < 4.78 is 5.93. The van der Waals surface area contributed by atoms with Crippen molar-refractivity contribution in [3.63, 3.8) is 0 Å². The first-order valence-corrected chi connectivity index (χ1v) is 8.81. The number of anilines is 1. The van der Waals surface area contributed by atoms with Crippen LogP contribution in [-0.2, 0) is 6.54 Å². The van der Waals surface area contributed by atoms with Gasteiger partial charge in [0.1, 0.15) is 17.2 Å². The average Bonchev–Trinajstić information content (AvgIpc) is 3.11. The van der Waals surface area contributed by atoms with Crippen LogP contribution in [0.4, 0.5) is 5.95 Å². The van der Waals surface area contributed by atoms with Crippen molar-refractivity contribution < 1.29 is 9.53 Å². The molecule has 2 aromatic heterocycles. The lowest BCUT2D eigenvalue weighted by atomic mass is 10.2. The van der Waals surface area contributed by atoms with E-state index in [0.717, 1.165) is 11.0 Å². The molecule has 7 nitrogen and oxygen atoms in total. The molecule has 4 rings (SSSR count). The van der Waals surface area contributed by atoms with Gasteiger partial charge in [-0.15, -0.1) is 0 Å². The quantitative estimate of drug-likeness (QED) is 0.477. The molecule has 4 aromatic rings. The molecule has 2 heterocycles. The van der Waals surface area contributed by atoms with E-state index >= 15 is 0 Å². The minimum atomic E-state index is -0.582. The van der Waals surface area contributed by atoms with Gasteiger partial charge in [0.05, 0.1) is 11.0 Å². The summed E-state index contributed by atoms with van der Waals surface area (Å²) >= 11 is 0. The maximum Gasteiger partial charge on any atom is 0.267 e. The zero-order valence-electron chi connectivity index (χ0n) is 15.3. The number of hydrogen-bond acceptors (Lipinski definition) is 5. The van der Waals surface area contributed by atoms with Crippen LogP contribution in [0.1, 0.15) is 21.6 Å². The van der Waals surface area contributed by atoms with E-state index in [1.165, 1.54) is 11.8 Å². The number of benzene rings is 2. The minimum absolute atomic E-state index is 0.201. The summed E-state index contributed by atoms with van der Waals surface area (Å²) in [7, 11) is 0. The van der Waals surface area contributed by atoms with Gasteiger partial charge < -0.3 is 20.8 Å². The van der Waals surface area contributed by atoms with E-state index < -0.39 is 5.91 Å². The fraction of sp³-hybridized carbons (Fsp3) is 0.0952. The molecule has 28 heavy (non-hydrogen) atoms. The molecule has 2 aromatic carbocycles. The number of imidazole rings is 1. The molecule has 7 heteroatoms. The summed E-state index contributed by atoms with van der Waals surface area (Å²) in [5.41, 5.74) is 8.99. The third-order valence-electron chi connectivity index (χ3n) is 4.37. The fourth-order valence-electron chi connectivity index (χ4n) is 2.92. The van der Waals surface area contributed by atoms with Crippen LogP contribution in [0.25, 0.3) is 11.0 Å². The Kier molecular flexibility index (Phi) is 4.63. The number of hydrogen-bond donors (Lipinski definition) is 3. The van der Waals surface area contributed by atoms with Gasteiger partial charge in [0, 0.05) is 24.4 Å². The van der Waals surface area contributed by atoms with Gasteiger partial charge in [-0.3, -0.25) is 9.78 Å². The number of carbonyl (C=O) groups is 1. The number of pyridine rings is 1. The van der Waals surface area contributed by atoms with Crippen LogP contribution in [0.3, 0.4) is 0 Å². The molecule has 0 fully saturated rings. The first-order chi connectivity index (χ1) is 13.6. The standard InChI is InChI=1S/C21H19N5O2/c1-13-18(9-10-23-19(13)20(22)27)28-15-7-8-16-17(11-15)26-21(25-16)24-12-14-5-3-2-4-6-14/h2-11H,12H2,1H3,(H2,22,27)(H2,24,25,26). The molecule has 0 radical (unpaired) electrons. The maximum atomic E-state index is 11.5. The molecular formula is C21H19N5O2. The summed E-state index contributed by atoms with van der Waals surface area (Å²) in [5, 5.41) is 3.28. The molecule has 0 aliphatic rings. The van der Waals surface area contributed by atoms with E-state index in [1.54, 1.807) is 13.0 Å². The Morgan fingerprint density at radius 1 is 1.18 bits per heavy atom. The zero-order valence-corrected chi connectivity index (χ0v) is 15.3. The molecule has 140 valence electrons. The Morgan fingerprint density at radius 2 is 2.00 bits per heavy atom. The van der Waals surface area contributed by atoms with Gasteiger partial charge in [-0.25, -0.2) is 4.98 Å². The van der Waals surface area contributed by atoms with Crippen molar-refractivity contribution in [3.8, 4) is 11.5 Å². The first kappa shape index (κ1) is 17.5. The number of fused-ring (bicyclic) bond motifs is 1. The van der Waals surface area contributed by atoms with Crippen molar-refractivity contribution in [2.24, 2.45) is 5.73 Å². The predicted molar refractivity (Wildman–Crippen MR) is 107 cm³/mol. The number of amides is 1. The minimum Gasteiger partial charge on any atom is -0.457 e. The SMILES string of the molecule is Cc1c(Oc2ccc3nc(NCc4ccccc4)[nH]c3c2)ccnc1C(N)=O. The van der Waals surface area contributed by atoms with Crippen molar-refractivity contribution in [2.75, 3.05) is 5.32 Å². The van der Waals surface area contributed by atoms with Gasteiger partial charge in [-0.1, -0.05) is 30.3 Å². The molecule has 0 aliphatic carbocycles. The number of H-pyrrole nitrogens is 1. The van der Waals surface area contributed by atoms with Crippen LogP contribution in [-0.4, -0.2) is 20.9 Å². The Labute approximate surface area is 161 Å². The Balaban J connectivity index is 1.54. The van der Waals surface area contributed by atoms with Crippen molar-refractivity contribution in [1.29, 1.82) is 0 Å². The van der Waals surface area contributed by atoms with Gasteiger partial charge in [0.15, 0.2) is 0 Å². The Bertz CT molecular complexity index is 1140. The lowest BCUT2D eigenvalue weighted by molar-refractivity contribution is 0.0994. The van der Waals surface area contributed by atoms with Crippen LogP contribution in [0.2, 0.25) is 0 Å². The fourth-order valence-corrected chi connectivity index (χ4v) is 2.92. The third-order valence-corrected chi connectivity index (χ3v) is 4.37. The topological polar surface area (TPSA) is 106 Å². The van der Waals surface area contributed by atoms with Crippen LogP contribution >= 0.6 is 0 Å². The lowest BCUT2D eigenvalue weighted by Gasteiger charge is -2.10. The smallest absolute Gasteiger partial charge is 0.267 e. The Hall–Kier alpha value is -3.87. The molecule has 0 aliphatic heterocycles. The molecule has 0 saturated carbocycles. The lowest BCUT2D eigenvalue weighted by Crippen LogP contribution is -2.15. The van der Waals surface area contributed by atoms with E-state index in [9.17, 15) is 4.79 Å². The molecule has 4 N–H and O–H groups in total. The normalized spacial score (nSPS) is 10.8. The number of nitrogens with zero attached hydrogens (tertiary/aromatic N) is 2. The molecule has 1 amide bonds. The van der Waals surface area contributed by atoms with Gasteiger partial charge in [0.2, 0.25) is 5.95 Å². The monoisotopic (exact) mass is 373 g/mol. The second kappa shape index (κ2) is 7.40. The predicted octanol–water partition coefficient (Wildman–Crippen LogP) is 3.77. The number of carbonyl (C=O) groups excluding carboxylic acids is 1. The number of primary amides is 1. The van der Waals surface area contributed by atoms with E-state index in [2.05, 4.69) is 32.4 Å². The number of ether oxygens (including phenoxy) is 1. The number of nitrogens with one attached hydrogen (secondary N) is 2. The summed E-state index contributed by atoms with van der Waals surface area (Å²) in [5.74, 6) is 1.26. The van der Waals surface area contributed by atoms with Crippen molar-refractivity contribution >= 4 is 22.9 Å². The highest BCUT2D eigenvalue weighted by atomic mass is 16.5. The van der Waals surface area contributed by atoms with Gasteiger partial charge in [-0.2, -0.15) is 0 Å². The second-order valence-corrected chi connectivity index (χ2v) is 6.35. The number of rotatable bonds is 6. The average molecular weight is 373 g/mol. The van der Waals surface area contributed by atoms with Crippen molar-refractivity contribution in [1.82, 2.24) is 15.0 Å². The number of aromatic nitrogens is 3. The van der Waals surface area contributed by atoms with Gasteiger partial charge in [0.25, 0.3) is 5.91 Å². The van der Waals surface area contributed by atoms with E-state index in [0.29, 0.717) is 29.6 Å². The number of aromatic amines is 1. The summed E-state index contributed by atoms with van der Waals surface area (Å²) in [4.78, 5) is 23.2. The zero-order chi connectivity index (χ0) is 19.5. The van der Waals surface area contributed by atoms with E-state index in [4.69, 9.17) is 10.5 Å². The largest absolute Gasteiger partial charge is 0.457 e. The van der Waals surface area contributed by atoms with Crippen LogP contribution in [0.5, 0.6) is 11.5 Å². The number of nitrogens with two attached hydrogens (primary N) is 1. The molecule has 0 unspecified atom stereocenters. The van der Waals surface area contributed by atoms with Crippen LogP contribution in [0.15, 0.2) is 60.8 Å². The summed E-state index contributed by atoms with van der Waals surface area (Å²) in [6.45, 7) is 2.43. The second-order valence-electron chi connectivity index (χ2n) is 6.35. The van der Waals surface area contributed by atoms with Crippen molar-refractivity contribution in [3.05, 3.63) is 77.6 Å². The van der Waals surface area contributed by atoms with Crippen molar-refractivity contribution in [2.45, 2.75) is 13.5 Å². The van der Waals surface area contributed by atoms with E-state index in [-0.39, 0.29) is 5.69 Å². The third kappa shape index (κ3) is 3.64. The molecule has 0 atom stereocenters. The Morgan fingerprint density at radius 3 is 2.79 bits per heavy atom. The van der Waals surface area contributed by atoms with Crippen LogP contribution in [0, 0.1) is 6.92 Å². The molecule has 0 saturated heterocycles. The van der Waals surface area contributed by atoms with E-state index in [1.807, 2.05) is 36.4 Å². The van der Waals surface area contributed by atoms with Crippen LogP contribution < -0.4 is 15.8 Å². The van der Waals surface area contributed by atoms with Gasteiger partial charge in [-0.05, 0) is 30.7 Å². The first-order valence-electron chi connectivity index (χ1n) is 8.81. The van der Waals surface area contributed by atoms with Gasteiger partial charge >= 0.3 is 0 Å². The highest BCUT2D eigenvalue weighted by molar-refractivity contribution is 5.92. The molecular weight excluding hydrogens is 354 g/mol. The summed E-state index contributed by atoms with van der Waals surface area (Å²) in [6.07, 6.45) is 1.50. The highest BCUT2D eigenvalue weighted by Crippen LogP contribution is 2.28. The summed E-state index contributed by atoms with van der Waals surface area (Å²) in [6, 6.07) is 17.4. The molecule has 0 spiro atoms. The highest BCUT2D eigenvalue weighted by Gasteiger charge is 2.12. The maximum absolute atomic E-state index is 11.5.